The third-order valence-electron chi connectivity index (χ3n) is 2.85. The van der Waals surface area contributed by atoms with Crippen LogP contribution in [0.3, 0.4) is 0 Å². The van der Waals surface area contributed by atoms with E-state index in [1.807, 2.05) is 6.20 Å². The summed E-state index contributed by atoms with van der Waals surface area (Å²) in [4.78, 5) is 5.77. The van der Waals surface area contributed by atoms with Crippen LogP contribution in [0.25, 0.3) is 0 Å². The van der Waals surface area contributed by atoms with Gasteiger partial charge in [0.1, 0.15) is 0 Å². The number of aromatic nitrogens is 1. The van der Waals surface area contributed by atoms with E-state index in [4.69, 9.17) is 0 Å². The zero-order chi connectivity index (χ0) is 10.1. The quantitative estimate of drug-likeness (QED) is 0.823. The first-order valence-corrected chi connectivity index (χ1v) is 6.24. The van der Waals surface area contributed by atoms with Crippen molar-refractivity contribution in [1.29, 1.82) is 0 Å². The van der Waals surface area contributed by atoms with Crippen molar-refractivity contribution >= 4 is 16.5 Å². The summed E-state index contributed by atoms with van der Waals surface area (Å²) >= 11 is 1.80. The Kier molecular flexibility index (Phi) is 2.77. The Hall–Kier alpha value is -0.570. The molecule has 0 aromatic carbocycles. The van der Waals surface area contributed by atoms with Crippen molar-refractivity contribution in [3.8, 4) is 0 Å². The van der Waals surface area contributed by atoms with Crippen LogP contribution in [0.4, 0.5) is 5.13 Å². The molecule has 0 amide bonds. The van der Waals surface area contributed by atoms with Crippen molar-refractivity contribution in [1.82, 2.24) is 4.98 Å². The first-order valence-electron chi connectivity index (χ1n) is 5.43. The van der Waals surface area contributed by atoms with Crippen molar-refractivity contribution in [3.63, 3.8) is 0 Å². The fourth-order valence-corrected chi connectivity index (χ4v) is 2.53. The molecule has 2 atom stereocenters. The molecule has 1 saturated carbocycles. The van der Waals surface area contributed by atoms with Gasteiger partial charge in [0.2, 0.25) is 0 Å². The maximum Gasteiger partial charge on any atom is 0.183 e. The minimum atomic E-state index is 0.601. The van der Waals surface area contributed by atoms with E-state index in [1.54, 1.807) is 11.3 Å². The molecule has 1 aromatic heterocycles. The van der Waals surface area contributed by atoms with E-state index < -0.39 is 0 Å². The van der Waals surface area contributed by atoms with Crippen molar-refractivity contribution < 1.29 is 0 Å². The van der Waals surface area contributed by atoms with Gasteiger partial charge in [0.25, 0.3) is 0 Å². The molecular formula is C11H18N2S. The van der Waals surface area contributed by atoms with Crippen LogP contribution in [0.1, 0.15) is 44.4 Å². The van der Waals surface area contributed by atoms with Gasteiger partial charge in [-0.1, -0.05) is 27.2 Å². The largest absolute Gasteiger partial charge is 0.358 e. The molecule has 0 bridgehead atoms. The number of anilines is 1. The second-order valence-electron chi connectivity index (χ2n) is 4.38. The van der Waals surface area contributed by atoms with Gasteiger partial charge in [-0.2, -0.15) is 0 Å². The summed E-state index contributed by atoms with van der Waals surface area (Å²) in [5.41, 5.74) is 0. The Morgan fingerprint density at radius 3 is 2.93 bits per heavy atom. The molecule has 1 aromatic rings. The van der Waals surface area contributed by atoms with Crippen LogP contribution in [0.2, 0.25) is 0 Å². The fourth-order valence-electron chi connectivity index (χ4n) is 1.65. The van der Waals surface area contributed by atoms with Gasteiger partial charge in [-0.25, -0.2) is 4.98 Å². The molecule has 2 rings (SSSR count). The van der Waals surface area contributed by atoms with Crippen molar-refractivity contribution in [2.24, 2.45) is 5.92 Å². The fraction of sp³-hybridized carbons (Fsp3) is 0.727. The topological polar surface area (TPSA) is 24.9 Å². The lowest BCUT2D eigenvalue weighted by atomic mass is 10.2. The maximum atomic E-state index is 4.39. The number of thiazole rings is 1. The molecule has 14 heavy (non-hydrogen) atoms. The van der Waals surface area contributed by atoms with E-state index in [1.165, 1.54) is 17.7 Å². The van der Waals surface area contributed by atoms with Crippen molar-refractivity contribution in [3.05, 3.63) is 11.1 Å². The summed E-state index contributed by atoms with van der Waals surface area (Å²) in [7, 11) is 0. The van der Waals surface area contributed by atoms with Gasteiger partial charge in [0.05, 0.1) is 0 Å². The predicted molar refractivity (Wildman–Crippen MR) is 62.0 cm³/mol. The molecule has 0 radical (unpaired) electrons. The van der Waals surface area contributed by atoms with E-state index in [0.29, 0.717) is 12.0 Å². The van der Waals surface area contributed by atoms with Crippen LogP contribution in [0.5, 0.6) is 0 Å². The molecule has 0 saturated heterocycles. The Bertz CT molecular complexity index is 306. The Balaban J connectivity index is 1.91. The second kappa shape index (κ2) is 3.89. The highest BCUT2D eigenvalue weighted by Crippen LogP contribution is 2.37. The van der Waals surface area contributed by atoms with Gasteiger partial charge < -0.3 is 5.32 Å². The average Bonchev–Trinajstić information content (AvgIpc) is 2.71. The number of rotatable bonds is 4. The number of nitrogens with zero attached hydrogens (tertiary/aromatic N) is 1. The SMILES string of the molecule is CCC1CC1Nc1ncc(C(C)C)s1. The van der Waals surface area contributed by atoms with E-state index >= 15 is 0 Å². The molecular weight excluding hydrogens is 192 g/mol. The van der Waals surface area contributed by atoms with Gasteiger partial charge in [0.15, 0.2) is 5.13 Å². The van der Waals surface area contributed by atoms with E-state index in [0.717, 1.165) is 11.0 Å². The Labute approximate surface area is 89.8 Å². The molecule has 0 aliphatic heterocycles. The van der Waals surface area contributed by atoms with Gasteiger partial charge >= 0.3 is 0 Å². The van der Waals surface area contributed by atoms with E-state index in [9.17, 15) is 0 Å². The van der Waals surface area contributed by atoms with Crippen LogP contribution in [0.15, 0.2) is 6.20 Å². The summed E-state index contributed by atoms with van der Waals surface area (Å²) in [5, 5.41) is 4.61. The highest BCUT2D eigenvalue weighted by molar-refractivity contribution is 7.15. The average molecular weight is 210 g/mol. The van der Waals surface area contributed by atoms with Crippen LogP contribution in [-0.2, 0) is 0 Å². The first kappa shape index (κ1) is 9.97. The Morgan fingerprint density at radius 2 is 2.43 bits per heavy atom. The summed E-state index contributed by atoms with van der Waals surface area (Å²) in [6.45, 7) is 6.68. The minimum absolute atomic E-state index is 0.601. The Morgan fingerprint density at radius 1 is 1.64 bits per heavy atom. The number of hydrogen-bond acceptors (Lipinski definition) is 3. The monoisotopic (exact) mass is 210 g/mol. The smallest absolute Gasteiger partial charge is 0.183 e. The normalized spacial score (nSPS) is 25.4. The van der Waals surface area contributed by atoms with E-state index in [-0.39, 0.29) is 0 Å². The first-order chi connectivity index (χ1) is 6.70. The highest BCUT2D eigenvalue weighted by Gasteiger charge is 2.35. The highest BCUT2D eigenvalue weighted by atomic mass is 32.1. The third kappa shape index (κ3) is 2.08. The standard InChI is InChI=1S/C11H18N2S/c1-4-8-5-9(8)13-11-12-6-10(14-11)7(2)3/h6-9H,4-5H2,1-3H3,(H,12,13). The molecule has 1 aliphatic rings. The second-order valence-corrected chi connectivity index (χ2v) is 5.44. The lowest BCUT2D eigenvalue weighted by molar-refractivity contribution is 0.774. The predicted octanol–water partition coefficient (Wildman–Crippen LogP) is 3.48. The van der Waals surface area contributed by atoms with Gasteiger partial charge in [-0.3, -0.25) is 0 Å². The van der Waals surface area contributed by atoms with Crippen LogP contribution in [0, 0.1) is 5.92 Å². The molecule has 2 nitrogen and oxygen atoms in total. The molecule has 1 aliphatic carbocycles. The van der Waals surface area contributed by atoms with Crippen molar-refractivity contribution in [2.45, 2.75) is 45.6 Å². The molecule has 1 fully saturated rings. The van der Waals surface area contributed by atoms with Crippen molar-refractivity contribution in [2.75, 3.05) is 5.32 Å². The zero-order valence-electron chi connectivity index (χ0n) is 9.08. The molecule has 0 spiro atoms. The number of nitrogens with one attached hydrogen (secondary N) is 1. The molecule has 1 N–H and O–H groups in total. The lowest BCUT2D eigenvalue weighted by Gasteiger charge is -1.99. The molecule has 2 unspecified atom stereocenters. The molecule has 1 heterocycles. The van der Waals surface area contributed by atoms with Crippen LogP contribution < -0.4 is 5.32 Å². The molecule has 78 valence electrons. The molecule has 3 heteroatoms. The maximum absolute atomic E-state index is 4.39. The summed E-state index contributed by atoms with van der Waals surface area (Å²) in [5.74, 6) is 1.49. The summed E-state index contributed by atoms with van der Waals surface area (Å²) in [6.07, 6.45) is 4.62. The summed E-state index contributed by atoms with van der Waals surface area (Å²) < 4.78 is 0. The number of hydrogen-bond donors (Lipinski definition) is 1. The van der Waals surface area contributed by atoms with Crippen LogP contribution >= 0.6 is 11.3 Å². The van der Waals surface area contributed by atoms with Gasteiger partial charge in [0, 0.05) is 17.1 Å². The summed E-state index contributed by atoms with van der Waals surface area (Å²) in [6, 6.07) is 0.700. The minimum Gasteiger partial charge on any atom is -0.358 e. The van der Waals surface area contributed by atoms with Gasteiger partial charge in [-0.05, 0) is 18.3 Å². The van der Waals surface area contributed by atoms with Gasteiger partial charge in [-0.15, -0.1) is 11.3 Å². The zero-order valence-corrected chi connectivity index (χ0v) is 9.90. The lowest BCUT2D eigenvalue weighted by Crippen LogP contribution is -2.03. The van der Waals surface area contributed by atoms with E-state index in [2.05, 4.69) is 31.1 Å². The third-order valence-corrected chi connectivity index (χ3v) is 4.08. The van der Waals surface area contributed by atoms with Crippen LogP contribution in [-0.4, -0.2) is 11.0 Å².